The number of ether oxygens (including phenoxy) is 1. The Hall–Kier alpha value is -0.730. The van der Waals surface area contributed by atoms with Crippen molar-refractivity contribution in [1.82, 2.24) is 0 Å². The van der Waals surface area contributed by atoms with E-state index in [9.17, 15) is 20.1 Å². The Morgan fingerprint density at radius 3 is 2.56 bits per heavy atom. The van der Waals surface area contributed by atoms with E-state index in [1.807, 2.05) is 0 Å². The summed E-state index contributed by atoms with van der Waals surface area (Å²) < 4.78 is 5.13. The molecule has 1 rings (SSSR count). The number of hydrogen-bond donors (Lipinski definition) is 5. The van der Waals surface area contributed by atoms with Gasteiger partial charge >= 0.3 is 5.97 Å². The molecule has 0 aromatic carbocycles. The predicted octanol–water partition coefficient (Wildman–Crippen LogP) is -1.47. The van der Waals surface area contributed by atoms with Gasteiger partial charge in [0.25, 0.3) is 5.79 Å². The lowest BCUT2D eigenvalue weighted by Crippen LogP contribution is -2.58. The summed E-state index contributed by atoms with van der Waals surface area (Å²) >= 11 is 0. The number of hydrogen-bond acceptors (Lipinski definition) is 6. The second-order valence-corrected chi connectivity index (χ2v) is 4.91. The molecule has 0 bridgehead atoms. The Labute approximate surface area is 105 Å². The van der Waals surface area contributed by atoms with Crippen LogP contribution in [0.2, 0.25) is 0 Å². The molecule has 106 valence electrons. The Kier molecular flexibility index (Phi) is 4.68. The summed E-state index contributed by atoms with van der Waals surface area (Å²) in [5, 5.41) is 46.9. The number of carboxylic acid groups (broad SMARTS) is 1. The zero-order valence-electron chi connectivity index (χ0n) is 10.4. The Bertz CT molecular complexity index is 308. The van der Waals surface area contributed by atoms with E-state index in [1.165, 1.54) is 0 Å². The lowest BCUT2D eigenvalue weighted by Gasteiger charge is -2.44. The molecule has 1 aliphatic heterocycles. The van der Waals surface area contributed by atoms with Gasteiger partial charge in [0, 0.05) is 18.3 Å². The summed E-state index contributed by atoms with van der Waals surface area (Å²) in [6, 6.07) is 0. The first-order valence-electron chi connectivity index (χ1n) is 5.83. The topological polar surface area (TPSA) is 127 Å². The van der Waals surface area contributed by atoms with Gasteiger partial charge in [0.05, 0.1) is 24.9 Å². The quantitative estimate of drug-likeness (QED) is 0.419. The van der Waals surface area contributed by atoms with Crippen LogP contribution in [0.5, 0.6) is 0 Å². The van der Waals surface area contributed by atoms with Crippen LogP contribution in [0.4, 0.5) is 0 Å². The van der Waals surface area contributed by atoms with Gasteiger partial charge in [0.1, 0.15) is 0 Å². The van der Waals surface area contributed by atoms with Gasteiger partial charge in [-0.05, 0) is 0 Å². The highest BCUT2D eigenvalue weighted by Gasteiger charge is 2.51. The lowest BCUT2D eigenvalue weighted by molar-refractivity contribution is -0.295. The van der Waals surface area contributed by atoms with Crippen LogP contribution in [0.15, 0.2) is 0 Å². The molecule has 6 atom stereocenters. The number of rotatable bonds is 4. The Morgan fingerprint density at radius 2 is 2.11 bits per heavy atom. The molecule has 7 heteroatoms. The predicted molar refractivity (Wildman–Crippen MR) is 59.5 cm³/mol. The fraction of sp³-hybridized carbons (Fsp3) is 0.909. The molecule has 0 aromatic rings. The molecule has 7 nitrogen and oxygen atoms in total. The SMILES string of the molecule is C[C@@H](C1O[C@@](O)(C(=O)O)C[C@@H](O)[C@H]1C)[C@H](O)CO. The average Bonchev–Trinajstić information content (AvgIpc) is 2.31. The summed E-state index contributed by atoms with van der Waals surface area (Å²) in [7, 11) is 0. The van der Waals surface area contributed by atoms with Gasteiger partial charge < -0.3 is 30.3 Å². The highest BCUT2D eigenvalue weighted by Crippen LogP contribution is 2.35. The third-order valence-corrected chi connectivity index (χ3v) is 3.59. The van der Waals surface area contributed by atoms with E-state index in [-0.39, 0.29) is 0 Å². The second-order valence-electron chi connectivity index (χ2n) is 4.91. The summed E-state index contributed by atoms with van der Waals surface area (Å²) in [6.45, 7) is 2.69. The van der Waals surface area contributed by atoms with Gasteiger partial charge in [-0.3, -0.25) is 0 Å². The number of aliphatic carboxylic acids is 1. The van der Waals surface area contributed by atoms with Gasteiger partial charge in [-0.2, -0.15) is 0 Å². The zero-order chi connectivity index (χ0) is 14.1. The van der Waals surface area contributed by atoms with Crippen LogP contribution in [0, 0.1) is 11.8 Å². The van der Waals surface area contributed by atoms with Crippen molar-refractivity contribution < 1.29 is 35.1 Å². The van der Waals surface area contributed by atoms with E-state index in [0.29, 0.717) is 0 Å². The molecule has 1 saturated heterocycles. The maximum atomic E-state index is 10.9. The number of aliphatic hydroxyl groups is 4. The van der Waals surface area contributed by atoms with Crippen LogP contribution in [-0.4, -0.2) is 62.2 Å². The molecule has 1 fully saturated rings. The first-order valence-corrected chi connectivity index (χ1v) is 5.83. The largest absolute Gasteiger partial charge is 0.477 e. The van der Waals surface area contributed by atoms with Gasteiger partial charge in [-0.1, -0.05) is 13.8 Å². The average molecular weight is 264 g/mol. The van der Waals surface area contributed by atoms with E-state index < -0.39 is 54.9 Å². The third kappa shape index (κ3) is 2.81. The minimum atomic E-state index is -2.46. The number of aliphatic hydroxyl groups excluding tert-OH is 3. The molecular formula is C11H20O7. The van der Waals surface area contributed by atoms with E-state index >= 15 is 0 Å². The Morgan fingerprint density at radius 1 is 1.56 bits per heavy atom. The van der Waals surface area contributed by atoms with Gasteiger partial charge in [-0.25, -0.2) is 4.79 Å². The molecule has 1 unspecified atom stereocenters. The lowest BCUT2D eigenvalue weighted by atomic mass is 9.81. The van der Waals surface area contributed by atoms with Gasteiger partial charge in [0.2, 0.25) is 0 Å². The molecule has 0 aliphatic carbocycles. The molecule has 1 aliphatic rings. The zero-order valence-corrected chi connectivity index (χ0v) is 10.4. The van der Waals surface area contributed by atoms with Crippen molar-refractivity contribution in [1.29, 1.82) is 0 Å². The van der Waals surface area contributed by atoms with Crippen molar-refractivity contribution in [3.05, 3.63) is 0 Å². The van der Waals surface area contributed by atoms with Gasteiger partial charge in [0.15, 0.2) is 0 Å². The molecular weight excluding hydrogens is 244 g/mol. The van der Waals surface area contributed by atoms with Crippen molar-refractivity contribution in [3.8, 4) is 0 Å². The number of carboxylic acids is 1. The van der Waals surface area contributed by atoms with Crippen LogP contribution in [0.25, 0.3) is 0 Å². The minimum Gasteiger partial charge on any atom is -0.477 e. The molecule has 18 heavy (non-hydrogen) atoms. The molecule has 0 saturated carbocycles. The monoisotopic (exact) mass is 264 g/mol. The maximum absolute atomic E-state index is 10.9. The molecule has 0 amide bonds. The fourth-order valence-electron chi connectivity index (χ4n) is 2.18. The van der Waals surface area contributed by atoms with Crippen LogP contribution in [-0.2, 0) is 9.53 Å². The van der Waals surface area contributed by atoms with Crippen molar-refractivity contribution in [2.75, 3.05) is 6.61 Å². The molecule has 5 N–H and O–H groups in total. The fourth-order valence-corrected chi connectivity index (χ4v) is 2.18. The molecule has 0 aromatic heterocycles. The minimum absolute atomic E-state index is 0.429. The second kappa shape index (κ2) is 5.50. The normalized spacial score (nSPS) is 40.2. The first kappa shape index (κ1) is 15.3. The smallest absolute Gasteiger partial charge is 0.364 e. The molecule has 1 heterocycles. The van der Waals surface area contributed by atoms with E-state index in [2.05, 4.69) is 0 Å². The van der Waals surface area contributed by atoms with Crippen molar-refractivity contribution in [2.45, 2.75) is 44.4 Å². The van der Waals surface area contributed by atoms with Crippen molar-refractivity contribution >= 4 is 5.97 Å². The van der Waals surface area contributed by atoms with Crippen molar-refractivity contribution in [2.24, 2.45) is 11.8 Å². The standard InChI is InChI=1S/C11H20O7/c1-5-7(13)3-11(17,10(15)16)18-9(5)6(2)8(14)4-12/h5-9,12-14,17H,3-4H2,1-2H3,(H,15,16)/t5-,6-,7-,8-,9?,11-/m1/s1. The summed E-state index contributed by atoms with van der Waals surface area (Å²) in [5.41, 5.74) is 0. The Balaban J connectivity index is 2.92. The summed E-state index contributed by atoms with van der Waals surface area (Å²) in [5.74, 6) is -5.11. The highest BCUT2D eigenvalue weighted by atomic mass is 16.7. The maximum Gasteiger partial charge on any atom is 0.364 e. The summed E-state index contributed by atoms with van der Waals surface area (Å²) in [4.78, 5) is 10.9. The number of carbonyl (C=O) groups is 1. The highest BCUT2D eigenvalue weighted by molar-refractivity contribution is 5.75. The van der Waals surface area contributed by atoms with Crippen LogP contribution in [0.1, 0.15) is 20.3 Å². The van der Waals surface area contributed by atoms with E-state index in [1.54, 1.807) is 13.8 Å². The first-order chi connectivity index (χ1) is 8.23. The van der Waals surface area contributed by atoms with Crippen molar-refractivity contribution in [3.63, 3.8) is 0 Å². The van der Waals surface area contributed by atoms with Crippen LogP contribution in [0.3, 0.4) is 0 Å². The van der Waals surface area contributed by atoms with E-state index in [4.69, 9.17) is 14.9 Å². The van der Waals surface area contributed by atoms with Crippen LogP contribution >= 0.6 is 0 Å². The molecule has 0 spiro atoms. The summed E-state index contributed by atoms with van der Waals surface area (Å²) in [6.07, 6.45) is -3.46. The third-order valence-electron chi connectivity index (χ3n) is 3.59. The van der Waals surface area contributed by atoms with E-state index in [0.717, 1.165) is 0 Å². The van der Waals surface area contributed by atoms with Gasteiger partial charge in [-0.15, -0.1) is 0 Å². The van der Waals surface area contributed by atoms with Crippen LogP contribution < -0.4 is 0 Å². The molecule has 0 radical (unpaired) electrons.